The number of H-pyrrole nitrogens is 1. The molecule has 0 saturated carbocycles. The molecule has 0 amide bonds. The molecule has 0 radical (unpaired) electrons. The van der Waals surface area contributed by atoms with E-state index in [0.29, 0.717) is 11.6 Å². The fourth-order valence-corrected chi connectivity index (χ4v) is 1.13. The zero-order valence-electron chi connectivity index (χ0n) is 8.18. The number of aromatic hydroxyl groups is 1. The lowest BCUT2D eigenvalue weighted by Gasteiger charge is -1.97. The number of hydrogen-bond donors (Lipinski definition) is 2. The summed E-state index contributed by atoms with van der Waals surface area (Å²) in [6.07, 6.45) is 3.24. The molecule has 0 unspecified atom stereocenters. The number of phenols is 1. The van der Waals surface area contributed by atoms with E-state index in [2.05, 4.69) is 20.2 Å². The number of aromatic amines is 1. The van der Waals surface area contributed by atoms with Crippen molar-refractivity contribution >= 4 is 11.6 Å². The van der Waals surface area contributed by atoms with E-state index in [1.165, 1.54) is 0 Å². The minimum Gasteiger partial charge on any atom is -0.506 e. The summed E-state index contributed by atoms with van der Waals surface area (Å²) in [5.74, 6) is 0.520. The van der Waals surface area contributed by atoms with Crippen LogP contribution in [0.4, 0.5) is 11.6 Å². The summed E-state index contributed by atoms with van der Waals surface area (Å²) in [5.41, 5.74) is 1.45. The Morgan fingerprint density at radius 1 is 1.33 bits per heavy atom. The van der Waals surface area contributed by atoms with Gasteiger partial charge in [-0.05, 0) is 24.6 Å². The third-order valence-corrected chi connectivity index (χ3v) is 1.87. The topological polar surface area (TPSA) is 73.6 Å². The molecule has 0 aliphatic heterocycles. The third kappa shape index (κ3) is 2.19. The second-order valence-corrected chi connectivity index (χ2v) is 3.10. The van der Waals surface area contributed by atoms with Crippen LogP contribution in [0.2, 0.25) is 0 Å². The number of rotatable bonds is 2. The van der Waals surface area contributed by atoms with Crippen LogP contribution in [0.15, 0.2) is 40.8 Å². The molecule has 5 nitrogen and oxygen atoms in total. The van der Waals surface area contributed by atoms with Crippen molar-refractivity contribution in [1.82, 2.24) is 9.97 Å². The molecule has 1 aromatic heterocycles. The molecular formula is C10H10N4O. The van der Waals surface area contributed by atoms with Gasteiger partial charge in [-0.25, -0.2) is 4.98 Å². The molecule has 5 heteroatoms. The SMILES string of the molecule is Cc1ccc(O)c(N=Nc2ncc[nH]2)c1. The summed E-state index contributed by atoms with van der Waals surface area (Å²) in [6.45, 7) is 1.92. The number of aryl methyl sites for hydroxylation is 1. The molecule has 2 rings (SSSR count). The molecule has 0 saturated heterocycles. The van der Waals surface area contributed by atoms with Gasteiger partial charge in [0.15, 0.2) is 0 Å². The average molecular weight is 202 g/mol. The van der Waals surface area contributed by atoms with Gasteiger partial charge in [-0.2, -0.15) is 0 Å². The number of nitrogens with zero attached hydrogens (tertiary/aromatic N) is 3. The number of phenolic OH excluding ortho intramolecular Hbond substituents is 1. The predicted molar refractivity (Wildman–Crippen MR) is 55.6 cm³/mol. The number of aromatic nitrogens is 2. The zero-order valence-corrected chi connectivity index (χ0v) is 8.18. The molecule has 1 heterocycles. The van der Waals surface area contributed by atoms with Gasteiger partial charge < -0.3 is 10.1 Å². The molecule has 1 aromatic carbocycles. The highest BCUT2D eigenvalue weighted by Gasteiger charge is 1.99. The van der Waals surface area contributed by atoms with Gasteiger partial charge >= 0.3 is 0 Å². The van der Waals surface area contributed by atoms with Crippen LogP contribution < -0.4 is 0 Å². The number of azo groups is 1. The van der Waals surface area contributed by atoms with E-state index in [4.69, 9.17) is 0 Å². The van der Waals surface area contributed by atoms with Crippen molar-refractivity contribution in [2.75, 3.05) is 0 Å². The Morgan fingerprint density at radius 3 is 2.93 bits per heavy atom. The normalized spacial score (nSPS) is 11.0. The Morgan fingerprint density at radius 2 is 2.20 bits per heavy atom. The van der Waals surface area contributed by atoms with Gasteiger partial charge in [0, 0.05) is 12.4 Å². The van der Waals surface area contributed by atoms with Crippen molar-refractivity contribution in [3.63, 3.8) is 0 Å². The first-order chi connectivity index (χ1) is 7.25. The number of benzene rings is 1. The monoisotopic (exact) mass is 202 g/mol. The third-order valence-electron chi connectivity index (χ3n) is 1.87. The summed E-state index contributed by atoms with van der Waals surface area (Å²) in [6, 6.07) is 5.15. The van der Waals surface area contributed by atoms with Crippen LogP contribution >= 0.6 is 0 Å². The Labute approximate surface area is 86.5 Å². The average Bonchev–Trinajstić information content (AvgIpc) is 2.72. The zero-order chi connectivity index (χ0) is 10.7. The van der Waals surface area contributed by atoms with Crippen LogP contribution in [0.5, 0.6) is 5.75 Å². The van der Waals surface area contributed by atoms with Gasteiger partial charge in [0.2, 0.25) is 5.95 Å². The van der Waals surface area contributed by atoms with Gasteiger partial charge in [0.05, 0.1) is 0 Å². The predicted octanol–water partition coefficient (Wildman–Crippen LogP) is 2.84. The smallest absolute Gasteiger partial charge is 0.246 e. The van der Waals surface area contributed by atoms with Crippen LogP contribution in [0.1, 0.15) is 5.56 Å². The molecule has 0 aliphatic rings. The van der Waals surface area contributed by atoms with Crippen LogP contribution in [0, 0.1) is 6.92 Å². The first-order valence-electron chi connectivity index (χ1n) is 4.46. The summed E-state index contributed by atoms with van der Waals surface area (Å²) in [5, 5.41) is 17.2. The fraction of sp³-hybridized carbons (Fsp3) is 0.100. The highest BCUT2D eigenvalue weighted by atomic mass is 16.3. The van der Waals surface area contributed by atoms with Gasteiger partial charge in [-0.3, -0.25) is 0 Å². The quantitative estimate of drug-likeness (QED) is 0.735. The Balaban J connectivity index is 2.27. The molecule has 76 valence electrons. The second-order valence-electron chi connectivity index (χ2n) is 3.10. The van der Waals surface area contributed by atoms with E-state index in [-0.39, 0.29) is 5.75 Å². The minimum atomic E-state index is 0.107. The number of nitrogens with one attached hydrogen (secondary N) is 1. The van der Waals surface area contributed by atoms with Crippen LogP contribution in [0.3, 0.4) is 0 Å². The van der Waals surface area contributed by atoms with E-state index < -0.39 is 0 Å². The molecule has 0 aliphatic carbocycles. The lowest BCUT2D eigenvalue weighted by Crippen LogP contribution is -1.72. The van der Waals surface area contributed by atoms with Crippen molar-refractivity contribution in [3.8, 4) is 5.75 Å². The second kappa shape index (κ2) is 3.91. The lowest BCUT2D eigenvalue weighted by atomic mass is 10.2. The molecule has 2 N–H and O–H groups in total. The molecule has 15 heavy (non-hydrogen) atoms. The van der Waals surface area contributed by atoms with Crippen molar-refractivity contribution in [1.29, 1.82) is 0 Å². The maximum Gasteiger partial charge on any atom is 0.246 e. The first kappa shape index (κ1) is 9.39. The van der Waals surface area contributed by atoms with Crippen LogP contribution in [-0.2, 0) is 0 Å². The lowest BCUT2D eigenvalue weighted by molar-refractivity contribution is 0.476. The Hall–Kier alpha value is -2.17. The molecule has 0 atom stereocenters. The molecule has 0 fully saturated rings. The van der Waals surface area contributed by atoms with E-state index >= 15 is 0 Å². The van der Waals surface area contributed by atoms with Gasteiger partial charge in [-0.15, -0.1) is 10.2 Å². The Bertz CT molecular complexity index is 476. The van der Waals surface area contributed by atoms with E-state index in [1.54, 1.807) is 30.6 Å². The standard InChI is InChI=1S/C10H10N4O/c1-7-2-3-9(15)8(6-7)13-14-10-11-4-5-12-10/h2-6,15H,1H3,(H,11,12). The van der Waals surface area contributed by atoms with Crippen molar-refractivity contribution < 1.29 is 5.11 Å². The maximum absolute atomic E-state index is 9.48. The fourth-order valence-electron chi connectivity index (χ4n) is 1.13. The first-order valence-corrected chi connectivity index (χ1v) is 4.46. The molecular weight excluding hydrogens is 192 g/mol. The number of hydrogen-bond acceptors (Lipinski definition) is 4. The van der Waals surface area contributed by atoms with Gasteiger partial charge in [0.1, 0.15) is 11.4 Å². The summed E-state index contributed by atoms with van der Waals surface area (Å²) in [4.78, 5) is 6.67. The van der Waals surface area contributed by atoms with Crippen molar-refractivity contribution in [3.05, 3.63) is 36.2 Å². The van der Waals surface area contributed by atoms with E-state index in [1.807, 2.05) is 6.92 Å². The highest BCUT2D eigenvalue weighted by Crippen LogP contribution is 2.27. The molecule has 0 spiro atoms. The van der Waals surface area contributed by atoms with Gasteiger partial charge in [0.25, 0.3) is 0 Å². The summed E-state index contributed by atoms with van der Waals surface area (Å²) >= 11 is 0. The van der Waals surface area contributed by atoms with Crippen molar-refractivity contribution in [2.24, 2.45) is 10.2 Å². The van der Waals surface area contributed by atoms with E-state index in [0.717, 1.165) is 5.56 Å². The summed E-state index contributed by atoms with van der Waals surface area (Å²) in [7, 11) is 0. The highest BCUT2D eigenvalue weighted by molar-refractivity contribution is 5.52. The van der Waals surface area contributed by atoms with Crippen LogP contribution in [0.25, 0.3) is 0 Å². The number of imidazole rings is 1. The van der Waals surface area contributed by atoms with Gasteiger partial charge in [-0.1, -0.05) is 6.07 Å². The molecule has 2 aromatic rings. The Kier molecular flexibility index (Phi) is 2.45. The van der Waals surface area contributed by atoms with Crippen molar-refractivity contribution in [2.45, 2.75) is 6.92 Å². The van der Waals surface area contributed by atoms with Crippen LogP contribution in [-0.4, -0.2) is 15.1 Å². The minimum absolute atomic E-state index is 0.107. The maximum atomic E-state index is 9.48. The van der Waals surface area contributed by atoms with E-state index in [9.17, 15) is 5.11 Å². The summed E-state index contributed by atoms with van der Waals surface area (Å²) < 4.78 is 0. The largest absolute Gasteiger partial charge is 0.506 e. The molecule has 0 bridgehead atoms.